The van der Waals surface area contributed by atoms with Crippen molar-refractivity contribution in [1.29, 1.82) is 0 Å². The average Bonchev–Trinajstić information content (AvgIpc) is 2.70. The number of rotatable bonds is 6. The lowest BCUT2D eigenvalue weighted by Gasteiger charge is -2.32. The van der Waals surface area contributed by atoms with E-state index in [0.29, 0.717) is 13.1 Å². The molecule has 0 bridgehead atoms. The highest BCUT2D eigenvalue weighted by molar-refractivity contribution is 7.91. The quantitative estimate of drug-likeness (QED) is 0.719. The molecule has 1 aliphatic heterocycles. The van der Waals surface area contributed by atoms with Crippen molar-refractivity contribution in [1.82, 2.24) is 4.90 Å². The first-order valence-corrected chi connectivity index (χ1v) is 11.7. The normalized spacial score (nSPS) is 15.3. The number of sulfone groups is 1. The van der Waals surface area contributed by atoms with Crippen LogP contribution in [0.2, 0.25) is 0 Å². The van der Waals surface area contributed by atoms with Gasteiger partial charge in [0.15, 0.2) is 9.84 Å². The summed E-state index contributed by atoms with van der Waals surface area (Å²) >= 11 is 0. The molecule has 1 heterocycles. The summed E-state index contributed by atoms with van der Waals surface area (Å²) in [7, 11) is -3.44. The van der Waals surface area contributed by atoms with Crippen molar-refractivity contribution >= 4 is 15.7 Å². The molecule has 0 aliphatic carbocycles. The second-order valence-electron chi connectivity index (χ2n) is 7.85. The van der Waals surface area contributed by atoms with Gasteiger partial charge in [0.1, 0.15) is 11.9 Å². The van der Waals surface area contributed by atoms with Crippen LogP contribution in [0.1, 0.15) is 36.0 Å². The predicted molar refractivity (Wildman–Crippen MR) is 114 cm³/mol. The van der Waals surface area contributed by atoms with Gasteiger partial charge in [-0.2, -0.15) is 0 Å². The molecule has 3 rings (SSSR count). The minimum absolute atomic E-state index is 0.0126. The fourth-order valence-corrected chi connectivity index (χ4v) is 4.71. The molecule has 0 aromatic heterocycles. The van der Waals surface area contributed by atoms with Gasteiger partial charge in [-0.1, -0.05) is 29.8 Å². The number of likely N-dealkylation sites (tertiary alicyclic amines) is 1. The molecule has 156 valence electrons. The van der Waals surface area contributed by atoms with Crippen LogP contribution in [-0.4, -0.2) is 44.2 Å². The van der Waals surface area contributed by atoms with Crippen LogP contribution in [0, 0.1) is 20.8 Å². The Labute approximate surface area is 173 Å². The van der Waals surface area contributed by atoms with E-state index in [1.807, 2.05) is 26.8 Å². The molecule has 0 atom stereocenters. The van der Waals surface area contributed by atoms with Crippen molar-refractivity contribution in [2.75, 3.05) is 18.8 Å². The molecular formula is C23H29NO4S. The maximum atomic E-state index is 12.5. The molecule has 0 saturated carbocycles. The molecule has 1 amide bonds. The van der Waals surface area contributed by atoms with Crippen molar-refractivity contribution in [3.63, 3.8) is 0 Å². The third-order valence-corrected chi connectivity index (χ3v) is 7.13. The number of aryl methyl sites for hydroxylation is 3. The third-order valence-electron chi connectivity index (χ3n) is 5.40. The Morgan fingerprint density at radius 3 is 2.28 bits per heavy atom. The maximum Gasteiger partial charge on any atom is 0.223 e. The van der Waals surface area contributed by atoms with E-state index in [2.05, 4.69) is 12.1 Å². The third kappa shape index (κ3) is 5.60. The summed E-state index contributed by atoms with van der Waals surface area (Å²) in [6.07, 6.45) is 1.60. The number of ether oxygens (including phenoxy) is 1. The second kappa shape index (κ2) is 8.99. The van der Waals surface area contributed by atoms with E-state index >= 15 is 0 Å². The lowest BCUT2D eigenvalue weighted by Crippen LogP contribution is -2.42. The zero-order valence-corrected chi connectivity index (χ0v) is 18.2. The zero-order chi connectivity index (χ0) is 21.0. The molecule has 1 fully saturated rings. The molecule has 1 aliphatic rings. The minimum atomic E-state index is -3.44. The Kier molecular flexibility index (Phi) is 6.63. The smallest absolute Gasteiger partial charge is 0.223 e. The number of hydrogen-bond donors (Lipinski definition) is 0. The topological polar surface area (TPSA) is 63.7 Å². The summed E-state index contributed by atoms with van der Waals surface area (Å²) in [4.78, 5) is 14.5. The van der Waals surface area contributed by atoms with Crippen LogP contribution in [-0.2, 0) is 14.6 Å². The summed E-state index contributed by atoms with van der Waals surface area (Å²) in [5.41, 5.74) is 3.27. The summed E-state index contributed by atoms with van der Waals surface area (Å²) in [5.74, 6) is 0.637. The highest BCUT2D eigenvalue weighted by Crippen LogP contribution is 2.24. The fourth-order valence-electron chi connectivity index (χ4n) is 3.48. The number of piperidine rings is 1. The second-order valence-corrected chi connectivity index (χ2v) is 9.96. The van der Waals surface area contributed by atoms with E-state index < -0.39 is 9.84 Å². The van der Waals surface area contributed by atoms with Crippen LogP contribution >= 0.6 is 0 Å². The number of carbonyl (C=O) groups excluding carboxylic acids is 1. The SMILES string of the molecule is Cc1ccc(S(=O)(=O)CCC(=O)N2CCC(Oc3cc(C)ccc3C)CC2)cc1. The number of amides is 1. The molecule has 2 aromatic rings. The molecule has 1 saturated heterocycles. The van der Waals surface area contributed by atoms with E-state index in [9.17, 15) is 13.2 Å². The molecule has 2 aromatic carbocycles. The first kappa shape index (κ1) is 21.4. The van der Waals surface area contributed by atoms with Crippen LogP contribution in [0.3, 0.4) is 0 Å². The Balaban J connectivity index is 1.50. The van der Waals surface area contributed by atoms with Gasteiger partial charge < -0.3 is 9.64 Å². The average molecular weight is 416 g/mol. The molecule has 0 N–H and O–H groups in total. The van der Waals surface area contributed by atoms with Gasteiger partial charge in [-0.25, -0.2) is 8.42 Å². The summed E-state index contributed by atoms with van der Waals surface area (Å²) in [6.45, 7) is 7.17. The molecule has 5 nitrogen and oxygen atoms in total. The van der Waals surface area contributed by atoms with Crippen LogP contribution < -0.4 is 4.74 Å². The van der Waals surface area contributed by atoms with E-state index in [4.69, 9.17) is 4.74 Å². The molecule has 0 unspecified atom stereocenters. The summed E-state index contributed by atoms with van der Waals surface area (Å²) in [5, 5.41) is 0. The van der Waals surface area contributed by atoms with Gasteiger partial charge in [0.2, 0.25) is 5.91 Å². The molecular weight excluding hydrogens is 386 g/mol. The monoisotopic (exact) mass is 415 g/mol. The van der Waals surface area contributed by atoms with Crippen LogP contribution in [0.15, 0.2) is 47.4 Å². The number of hydrogen-bond acceptors (Lipinski definition) is 4. The van der Waals surface area contributed by atoms with Crippen molar-refractivity contribution in [3.05, 3.63) is 59.2 Å². The Bertz CT molecular complexity index is 959. The Morgan fingerprint density at radius 1 is 1.00 bits per heavy atom. The standard InChI is InChI=1S/C23H29NO4S/c1-17-5-8-21(9-6-17)29(26,27)15-12-23(25)24-13-10-20(11-14-24)28-22-16-18(2)4-7-19(22)3/h4-9,16,20H,10-15H2,1-3H3. The van der Waals surface area contributed by atoms with Crippen molar-refractivity contribution < 1.29 is 17.9 Å². The largest absolute Gasteiger partial charge is 0.490 e. The van der Waals surface area contributed by atoms with E-state index in [0.717, 1.165) is 35.3 Å². The van der Waals surface area contributed by atoms with Crippen molar-refractivity contribution in [2.24, 2.45) is 0 Å². The lowest BCUT2D eigenvalue weighted by molar-refractivity contribution is -0.132. The van der Waals surface area contributed by atoms with Gasteiger partial charge in [0, 0.05) is 32.4 Å². The highest BCUT2D eigenvalue weighted by atomic mass is 32.2. The Hall–Kier alpha value is -2.34. The van der Waals surface area contributed by atoms with Crippen molar-refractivity contribution in [3.8, 4) is 5.75 Å². The van der Waals surface area contributed by atoms with E-state index in [1.165, 1.54) is 0 Å². The maximum absolute atomic E-state index is 12.5. The lowest BCUT2D eigenvalue weighted by atomic mass is 10.1. The van der Waals surface area contributed by atoms with E-state index in [1.54, 1.807) is 29.2 Å². The molecule has 0 spiro atoms. The zero-order valence-electron chi connectivity index (χ0n) is 17.3. The number of carbonyl (C=O) groups is 1. The van der Waals surface area contributed by atoms with Crippen LogP contribution in [0.5, 0.6) is 5.75 Å². The van der Waals surface area contributed by atoms with Gasteiger partial charge in [-0.15, -0.1) is 0 Å². The minimum Gasteiger partial charge on any atom is -0.490 e. The molecule has 6 heteroatoms. The van der Waals surface area contributed by atoms with Gasteiger partial charge in [-0.3, -0.25) is 4.79 Å². The predicted octanol–water partition coefficient (Wildman–Crippen LogP) is 3.85. The number of nitrogens with zero attached hydrogens (tertiary/aromatic N) is 1. The van der Waals surface area contributed by atoms with Gasteiger partial charge in [0.25, 0.3) is 0 Å². The van der Waals surface area contributed by atoms with Gasteiger partial charge >= 0.3 is 0 Å². The first-order chi connectivity index (χ1) is 13.7. The molecule has 0 radical (unpaired) electrons. The molecule has 29 heavy (non-hydrogen) atoms. The fraction of sp³-hybridized carbons (Fsp3) is 0.435. The number of benzene rings is 2. The van der Waals surface area contributed by atoms with Crippen molar-refractivity contribution in [2.45, 2.75) is 51.0 Å². The summed E-state index contributed by atoms with van der Waals surface area (Å²) < 4.78 is 31.1. The highest BCUT2D eigenvalue weighted by Gasteiger charge is 2.25. The van der Waals surface area contributed by atoms with Gasteiger partial charge in [-0.05, 0) is 50.1 Å². The van der Waals surface area contributed by atoms with E-state index in [-0.39, 0.29) is 29.1 Å². The van der Waals surface area contributed by atoms with Crippen LogP contribution in [0.4, 0.5) is 0 Å². The van der Waals surface area contributed by atoms with Crippen LogP contribution in [0.25, 0.3) is 0 Å². The summed E-state index contributed by atoms with van der Waals surface area (Å²) in [6, 6.07) is 12.9. The Morgan fingerprint density at radius 2 is 1.62 bits per heavy atom. The van der Waals surface area contributed by atoms with Gasteiger partial charge in [0.05, 0.1) is 10.6 Å². The first-order valence-electron chi connectivity index (χ1n) is 10.1.